The van der Waals surface area contributed by atoms with Crippen molar-refractivity contribution in [2.75, 3.05) is 13.2 Å². The molecule has 38 heavy (non-hydrogen) atoms. The van der Waals surface area contributed by atoms with Gasteiger partial charge in [-0.1, -0.05) is 36.4 Å². The molecule has 1 aliphatic rings. The van der Waals surface area contributed by atoms with Gasteiger partial charge in [0.15, 0.2) is 6.29 Å². The van der Waals surface area contributed by atoms with Crippen molar-refractivity contribution in [1.29, 1.82) is 0 Å². The molecule has 3 aromatic rings. The predicted molar refractivity (Wildman–Crippen MR) is 144 cm³/mol. The first-order valence-corrected chi connectivity index (χ1v) is 13.6. The van der Waals surface area contributed by atoms with Crippen LogP contribution in [0, 0.1) is 0 Å². The Morgan fingerprint density at radius 1 is 1.08 bits per heavy atom. The molecule has 0 radical (unpaired) electrons. The molecule has 1 saturated heterocycles. The zero-order valence-corrected chi connectivity index (χ0v) is 22.8. The van der Waals surface area contributed by atoms with Gasteiger partial charge in [-0.25, -0.2) is 20.1 Å². The number of benzene rings is 1. The van der Waals surface area contributed by atoms with Crippen LogP contribution in [0.4, 0.5) is 4.79 Å². The Hall–Kier alpha value is -3.34. The first kappa shape index (κ1) is 27.7. The Balaban J connectivity index is 1.37. The molecule has 2 amide bonds. The lowest BCUT2D eigenvalue weighted by molar-refractivity contribution is -0.186. The van der Waals surface area contributed by atoms with E-state index in [9.17, 15) is 9.59 Å². The molecule has 0 aliphatic carbocycles. The van der Waals surface area contributed by atoms with Crippen LogP contribution >= 0.6 is 11.3 Å². The van der Waals surface area contributed by atoms with Crippen molar-refractivity contribution in [2.45, 2.75) is 64.9 Å². The zero-order chi connectivity index (χ0) is 27.0. The summed E-state index contributed by atoms with van der Waals surface area (Å²) in [6.07, 6.45) is 5.92. The summed E-state index contributed by atoms with van der Waals surface area (Å²) in [5, 5.41) is 0.615. The standard InChI is InChI=1S/C28H34N4O5S/c1-28(2,3)36-27(34)32(15-14-20-9-5-4-6-10-20)19-21-12-13-22(29-17-21)26-30-18-23(38-26)25(33)31-37-24-11-7-8-16-35-24/h4-6,9-10,12-13,17-18,24H,7-8,11,14-16,19H2,1-3H3,(H,31,33). The van der Waals surface area contributed by atoms with Crippen LogP contribution in [0.2, 0.25) is 0 Å². The molecule has 1 unspecified atom stereocenters. The number of aromatic nitrogens is 2. The van der Waals surface area contributed by atoms with Crippen LogP contribution < -0.4 is 5.48 Å². The molecule has 0 bridgehead atoms. The monoisotopic (exact) mass is 538 g/mol. The van der Waals surface area contributed by atoms with Crippen molar-refractivity contribution in [1.82, 2.24) is 20.3 Å². The van der Waals surface area contributed by atoms with E-state index in [0.29, 0.717) is 41.7 Å². The number of ether oxygens (including phenoxy) is 2. The number of nitrogens with one attached hydrogen (secondary N) is 1. The highest BCUT2D eigenvalue weighted by Crippen LogP contribution is 2.24. The Morgan fingerprint density at radius 2 is 1.89 bits per heavy atom. The summed E-state index contributed by atoms with van der Waals surface area (Å²) in [6, 6.07) is 13.8. The van der Waals surface area contributed by atoms with Crippen molar-refractivity contribution in [3.05, 3.63) is 70.9 Å². The van der Waals surface area contributed by atoms with E-state index in [4.69, 9.17) is 14.3 Å². The van der Waals surface area contributed by atoms with Gasteiger partial charge in [0.2, 0.25) is 0 Å². The van der Waals surface area contributed by atoms with Gasteiger partial charge in [0.25, 0.3) is 5.91 Å². The van der Waals surface area contributed by atoms with E-state index in [2.05, 4.69) is 15.4 Å². The van der Waals surface area contributed by atoms with Crippen molar-refractivity contribution < 1.29 is 23.9 Å². The van der Waals surface area contributed by atoms with E-state index in [1.807, 2.05) is 63.2 Å². The summed E-state index contributed by atoms with van der Waals surface area (Å²) in [7, 11) is 0. The number of nitrogens with zero attached hydrogens (tertiary/aromatic N) is 3. The fourth-order valence-corrected chi connectivity index (χ4v) is 4.58. The molecular formula is C28H34N4O5S. The minimum atomic E-state index is -0.590. The predicted octanol–water partition coefficient (Wildman–Crippen LogP) is 5.37. The average molecular weight is 539 g/mol. The maximum atomic E-state index is 12.9. The molecule has 9 nitrogen and oxygen atoms in total. The molecule has 1 atom stereocenters. The van der Waals surface area contributed by atoms with Gasteiger partial charge in [0.1, 0.15) is 15.5 Å². The lowest BCUT2D eigenvalue weighted by Gasteiger charge is -2.27. The third kappa shape index (κ3) is 8.34. The molecule has 4 rings (SSSR count). The van der Waals surface area contributed by atoms with E-state index in [1.165, 1.54) is 17.5 Å². The van der Waals surface area contributed by atoms with Gasteiger partial charge in [0, 0.05) is 25.8 Å². The Bertz CT molecular complexity index is 1190. The molecule has 1 aliphatic heterocycles. The smallest absolute Gasteiger partial charge is 0.410 e. The Kier molecular flexibility index (Phi) is 9.43. The second kappa shape index (κ2) is 12.9. The maximum Gasteiger partial charge on any atom is 0.410 e. The van der Waals surface area contributed by atoms with Gasteiger partial charge >= 0.3 is 6.09 Å². The van der Waals surface area contributed by atoms with E-state index in [-0.39, 0.29) is 12.0 Å². The van der Waals surface area contributed by atoms with Crippen LogP contribution in [0.1, 0.15) is 60.8 Å². The summed E-state index contributed by atoms with van der Waals surface area (Å²) < 4.78 is 11.1. The molecule has 2 aromatic heterocycles. The molecule has 0 saturated carbocycles. The number of rotatable bonds is 9. The molecule has 0 spiro atoms. The molecule has 10 heteroatoms. The molecule has 1 aromatic carbocycles. The summed E-state index contributed by atoms with van der Waals surface area (Å²) in [4.78, 5) is 41.7. The molecule has 1 fully saturated rings. The number of amides is 2. The van der Waals surface area contributed by atoms with Crippen LogP contribution in [0.15, 0.2) is 54.9 Å². The molecule has 1 N–H and O–H groups in total. The van der Waals surface area contributed by atoms with Gasteiger partial charge in [-0.15, -0.1) is 11.3 Å². The molecule has 202 valence electrons. The number of carbonyl (C=O) groups is 2. The topological polar surface area (TPSA) is 103 Å². The normalized spacial score (nSPS) is 15.6. The quantitative estimate of drug-likeness (QED) is 0.365. The highest BCUT2D eigenvalue weighted by Gasteiger charge is 2.23. The Morgan fingerprint density at radius 3 is 2.58 bits per heavy atom. The first-order valence-electron chi connectivity index (χ1n) is 12.8. The number of carbonyl (C=O) groups excluding carboxylic acids is 2. The first-order chi connectivity index (χ1) is 18.3. The second-order valence-corrected chi connectivity index (χ2v) is 11.1. The van der Waals surface area contributed by atoms with Crippen molar-refractivity contribution >= 4 is 23.3 Å². The third-order valence-corrected chi connectivity index (χ3v) is 6.75. The van der Waals surface area contributed by atoms with Crippen LogP contribution in [-0.2, 0) is 27.3 Å². The fourth-order valence-electron chi connectivity index (χ4n) is 3.81. The molecule has 3 heterocycles. The van der Waals surface area contributed by atoms with Crippen LogP contribution in [0.3, 0.4) is 0 Å². The van der Waals surface area contributed by atoms with Gasteiger partial charge < -0.3 is 14.4 Å². The number of pyridine rings is 1. The SMILES string of the molecule is CC(C)(C)OC(=O)N(CCc1ccccc1)Cc1ccc(-c2ncc(C(=O)NOC3CCCCO3)s2)nc1. The summed E-state index contributed by atoms with van der Waals surface area (Å²) in [5.74, 6) is -0.369. The van der Waals surface area contributed by atoms with E-state index in [0.717, 1.165) is 30.4 Å². The lowest BCUT2D eigenvalue weighted by Crippen LogP contribution is -2.37. The lowest BCUT2D eigenvalue weighted by atomic mass is 10.1. The Labute approximate surface area is 227 Å². The minimum Gasteiger partial charge on any atom is -0.444 e. The van der Waals surface area contributed by atoms with Crippen molar-refractivity contribution in [2.24, 2.45) is 0 Å². The second-order valence-electron chi connectivity index (χ2n) is 10.1. The van der Waals surface area contributed by atoms with Gasteiger partial charge in [-0.05, 0) is 57.2 Å². The highest BCUT2D eigenvalue weighted by molar-refractivity contribution is 7.16. The fraction of sp³-hybridized carbons (Fsp3) is 0.429. The van der Waals surface area contributed by atoms with Crippen LogP contribution in [0.25, 0.3) is 10.7 Å². The number of hydrogen-bond acceptors (Lipinski definition) is 8. The number of hydrogen-bond donors (Lipinski definition) is 1. The van der Waals surface area contributed by atoms with Gasteiger partial charge in [-0.3, -0.25) is 9.78 Å². The molecular weight excluding hydrogens is 504 g/mol. The number of thiazole rings is 1. The summed E-state index contributed by atoms with van der Waals surface area (Å²) >= 11 is 1.23. The highest BCUT2D eigenvalue weighted by atomic mass is 32.1. The van der Waals surface area contributed by atoms with Gasteiger partial charge in [-0.2, -0.15) is 0 Å². The summed E-state index contributed by atoms with van der Waals surface area (Å²) in [5.41, 5.74) is 4.51. The summed E-state index contributed by atoms with van der Waals surface area (Å²) in [6.45, 7) is 7.08. The third-order valence-electron chi connectivity index (χ3n) is 5.73. The van der Waals surface area contributed by atoms with Crippen molar-refractivity contribution in [3.63, 3.8) is 0 Å². The number of hydroxylamine groups is 1. The maximum absolute atomic E-state index is 12.9. The van der Waals surface area contributed by atoms with E-state index < -0.39 is 11.9 Å². The van der Waals surface area contributed by atoms with Crippen LogP contribution in [0.5, 0.6) is 0 Å². The largest absolute Gasteiger partial charge is 0.444 e. The zero-order valence-electron chi connectivity index (χ0n) is 22.0. The minimum absolute atomic E-state index is 0.362. The average Bonchev–Trinajstić information content (AvgIpc) is 3.41. The van der Waals surface area contributed by atoms with Crippen molar-refractivity contribution in [3.8, 4) is 10.7 Å². The van der Waals surface area contributed by atoms with E-state index in [1.54, 1.807) is 11.1 Å². The van der Waals surface area contributed by atoms with Gasteiger partial charge in [0.05, 0.1) is 18.4 Å². The van der Waals surface area contributed by atoms with E-state index >= 15 is 0 Å². The van der Waals surface area contributed by atoms with Crippen LogP contribution in [-0.4, -0.2) is 51.9 Å².